The molecule has 0 radical (unpaired) electrons. The van der Waals surface area contributed by atoms with Crippen molar-refractivity contribution in [3.63, 3.8) is 0 Å². The predicted octanol–water partition coefficient (Wildman–Crippen LogP) is 0.957. The molecule has 1 unspecified atom stereocenters. The Kier molecular flexibility index (Phi) is 6.46. The van der Waals surface area contributed by atoms with Crippen molar-refractivity contribution >= 4 is 11.9 Å². The van der Waals surface area contributed by atoms with Gasteiger partial charge in [-0.05, 0) is 24.1 Å². The fourth-order valence-electron chi connectivity index (χ4n) is 2.71. The molecular formula is C17H23NO7. The molecular weight excluding hydrogens is 330 g/mol. The number of methoxy groups -OCH3 is 3. The fourth-order valence-corrected chi connectivity index (χ4v) is 2.71. The predicted molar refractivity (Wildman–Crippen MR) is 88.4 cm³/mol. The number of morpholine rings is 1. The largest absolute Gasteiger partial charge is 0.493 e. The number of carbonyl (C=O) groups excluding carboxylic acids is 1. The van der Waals surface area contributed by atoms with Crippen LogP contribution in [-0.2, 0) is 20.7 Å². The highest BCUT2D eigenvalue weighted by Crippen LogP contribution is 2.38. The lowest BCUT2D eigenvalue weighted by Crippen LogP contribution is -2.48. The molecule has 1 aliphatic heterocycles. The van der Waals surface area contributed by atoms with E-state index in [4.69, 9.17) is 24.1 Å². The minimum absolute atomic E-state index is 0.0728. The summed E-state index contributed by atoms with van der Waals surface area (Å²) in [6.07, 6.45) is -0.228. The molecule has 0 aromatic heterocycles. The molecule has 0 bridgehead atoms. The number of carboxylic acid groups (broad SMARTS) is 1. The average molecular weight is 353 g/mol. The van der Waals surface area contributed by atoms with Gasteiger partial charge in [0.2, 0.25) is 11.7 Å². The van der Waals surface area contributed by atoms with Gasteiger partial charge in [-0.1, -0.05) is 0 Å². The molecule has 1 atom stereocenters. The van der Waals surface area contributed by atoms with Gasteiger partial charge in [0.05, 0.1) is 34.5 Å². The number of aryl methyl sites for hydroxylation is 1. The Bertz CT molecular complexity index is 606. The van der Waals surface area contributed by atoms with Crippen LogP contribution in [0.25, 0.3) is 0 Å². The van der Waals surface area contributed by atoms with Gasteiger partial charge in [-0.3, -0.25) is 4.79 Å². The first-order valence-electron chi connectivity index (χ1n) is 7.91. The standard InChI is InChI=1S/C17H23NO7/c1-22-12-8-11(9-13(23-2)16(12)24-3)4-5-15(19)18-6-7-25-14(10-18)17(20)21/h8-9,14H,4-7,10H2,1-3H3,(H,20,21). The topological polar surface area (TPSA) is 94.5 Å². The molecule has 8 heteroatoms. The van der Waals surface area contributed by atoms with Gasteiger partial charge in [0.25, 0.3) is 0 Å². The molecule has 1 fully saturated rings. The summed E-state index contributed by atoms with van der Waals surface area (Å²) in [4.78, 5) is 24.9. The Labute approximate surface area is 146 Å². The van der Waals surface area contributed by atoms with Crippen LogP contribution in [-0.4, -0.2) is 69.0 Å². The van der Waals surface area contributed by atoms with Crippen LogP contribution in [0.5, 0.6) is 17.2 Å². The van der Waals surface area contributed by atoms with Crippen LogP contribution in [0, 0.1) is 0 Å². The summed E-state index contributed by atoms with van der Waals surface area (Å²) in [5.74, 6) is 0.395. The molecule has 1 aromatic rings. The molecule has 1 N–H and O–H groups in total. The lowest BCUT2D eigenvalue weighted by atomic mass is 10.1. The maximum atomic E-state index is 12.4. The fraction of sp³-hybridized carbons (Fsp3) is 0.529. The second kappa shape index (κ2) is 8.57. The Morgan fingerprint density at radius 2 is 1.84 bits per heavy atom. The van der Waals surface area contributed by atoms with E-state index in [9.17, 15) is 9.59 Å². The lowest BCUT2D eigenvalue weighted by Gasteiger charge is -2.31. The molecule has 0 saturated carbocycles. The van der Waals surface area contributed by atoms with Crippen molar-refractivity contribution in [2.75, 3.05) is 41.0 Å². The molecule has 1 amide bonds. The Balaban J connectivity index is 2.03. The number of hydrogen-bond donors (Lipinski definition) is 1. The zero-order valence-electron chi connectivity index (χ0n) is 14.6. The van der Waals surface area contributed by atoms with Gasteiger partial charge in [0.1, 0.15) is 0 Å². The summed E-state index contributed by atoms with van der Waals surface area (Å²) in [6.45, 7) is 0.703. The van der Waals surface area contributed by atoms with Crippen molar-refractivity contribution in [1.82, 2.24) is 4.90 Å². The zero-order valence-corrected chi connectivity index (χ0v) is 14.6. The minimum Gasteiger partial charge on any atom is -0.493 e. The molecule has 1 aliphatic rings. The second-order valence-corrected chi connectivity index (χ2v) is 5.57. The molecule has 8 nitrogen and oxygen atoms in total. The number of ether oxygens (including phenoxy) is 4. The molecule has 25 heavy (non-hydrogen) atoms. The van der Waals surface area contributed by atoms with Crippen molar-refractivity contribution in [3.8, 4) is 17.2 Å². The SMILES string of the molecule is COc1cc(CCC(=O)N2CCOC(C(=O)O)C2)cc(OC)c1OC. The zero-order chi connectivity index (χ0) is 18.4. The second-order valence-electron chi connectivity index (χ2n) is 5.57. The summed E-state index contributed by atoms with van der Waals surface area (Å²) in [5, 5.41) is 9.01. The maximum absolute atomic E-state index is 12.4. The Morgan fingerprint density at radius 1 is 1.20 bits per heavy atom. The first-order chi connectivity index (χ1) is 12.0. The van der Waals surface area contributed by atoms with E-state index in [2.05, 4.69) is 0 Å². The number of nitrogens with zero attached hydrogens (tertiary/aromatic N) is 1. The smallest absolute Gasteiger partial charge is 0.334 e. The van der Waals surface area contributed by atoms with Gasteiger partial charge in [0.15, 0.2) is 17.6 Å². The van der Waals surface area contributed by atoms with E-state index in [0.717, 1.165) is 5.56 Å². The van der Waals surface area contributed by atoms with Crippen molar-refractivity contribution in [3.05, 3.63) is 17.7 Å². The monoisotopic (exact) mass is 353 g/mol. The van der Waals surface area contributed by atoms with Crippen molar-refractivity contribution in [1.29, 1.82) is 0 Å². The van der Waals surface area contributed by atoms with Gasteiger partial charge in [-0.25, -0.2) is 4.79 Å². The highest BCUT2D eigenvalue weighted by atomic mass is 16.5. The number of rotatable bonds is 7. The lowest BCUT2D eigenvalue weighted by molar-refractivity contribution is -0.159. The first-order valence-corrected chi connectivity index (χ1v) is 7.91. The molecule has 1 saturated heterocycles. The average Bonchev–Trinajstić information content (AvgIpc) is 2.64. The highest BCUT2D eigenvalue weighted by Gasteiger charge is 2.28. The Hall–Kier alpha value is -2.48. The first kappa shape index (κ1) is 18.9. The van der Waals surface area contributed by atoms with Crippen molar-refractivity contribution in [2.24, 2.45) is 0 Å². The third kappa shape index (κ3) is 4.54. The van der Waals surface area contributed by atoms with E-state index < -0.39 is 12.1 Å². The summed E-state index contributed by atoms with van der Waals surface area (Å²) in [5.41, 5.74) is 0.867. The third-order valence-electron chi connectivity index (χ3n) is 4.05. The number of benzene rings is 1. The number of aliphatic carboxylic acids is 1. The van der Waals surface area contributed by atoms with Crippen LogP contribution < -0.4 is 14.2 Å². The van der Waals surface area contributed by atoms with Crippen LogP contribution in [0.4, 0.5) is 0 Å². The van der Waals surface area contributed by atoms with Gasteiger partial charge in [-0.15, -0.1) is 0 Å². The summed E-state index contributed by atoms with van der Waals surface area (Å²) < 4.78 is 21.0. The van der Waals surface area contributed by atoms with Gasteiger partial charge in [-0.2, -0.15) is 0 Å². The molecule has 0 aliphatic carbocycles. The Morgan fingerprint density at radius 3 is 2.36 bits per heavy atom. The molecule has 0 spiro atoms. The summed E-state index contributed by atoms with van der Waals surface area (Å²) >= 11 is 0. The van der Waals surface area contributed by atoms with Crippen molar-refractivity contribution in [2.45, 2.75) is 18.9 Å². The number of carbonyl (C=O) groups is 2. The van der Waals surface area contributed by atoms with E-state index in [1.165, 1.54) is 26.2 Å². The number of carboxylic acids is 1. The third-order valence-corrected chi connectivity index (χ3v) is 4.05. The minimum atomic E-state index is -1.05. The van der Waals surface area contributed by atoms with Gasteiger partial charge >= 0.3 is 5.97 Å². The number of hydrogen-bond acceptors (Lipinski definition) is 6. The van der Waals surface area contributed by atoms with Gasteiger partial charge in [0, 0.05) is 13.0 Å². The van der Waals surface area contributed by atoms with E-state index >= 15 is 0 Å². The van der Waals surface area contributed by atoms with E-state index in [1.54, 1.807) is 12.1 Å². The van der Waals surface area contributed by atoms with Crippen LogP contribution in [0.15, 0.2) is 12.1 Å². The molecule has 138 valence electrons. The molecule has 1 aromatic carbocycles. The highest BCUT2D eigenvalue weighted by molar-refractivity contribution is 5.79. The van der Waals surface area contributed by atoms with Crippen LogP contribution in [0.1, 0.15) is 12.0 Å². The summed E-state index contributed by atoms with van der Waals surface area (Å²) in [7, 11) is 4.60. The normalized spacial score (nSPS) is 17.1. The quantitative estimate of drug-likeness (QED) is 0.780. The maximum Gasteiger partial charge on any atom is 0.334 e. The van der Waals surface area contributed by atoms with E-state index in [-0.39, 0.29) is 25.5 Å². The number of amides is 1. The van der Waals surface area contributed by atoms with Crippen LogP contribution in [0.3, 0.4) is 0 Å². The van der Waals surface area contributed by atoms with Crippen molar-refractivity contribution < 1.29 is 33.6 Å². The van der Waals surface area contributed by atoms with E-state index in [0.29, 0.717) is 30.2 Å². The van der Waals surface area contributed by atoms with Crippen LogP contribution >= 0.6 is 0 Å². The molecule has 1 heterocycles. The summed E-state index contributed by atoms with van der Waals surface area (Å²) in [6, 6.07) is 3.60. The van der Waals surface area contributed by atoms with Gasteiger partial charge < -0.3 is 29.0 Å². The van der Waals surface area contributed by atoms with Crippen LogP contribution in [0.2, 0.25) is 0 Å². The molecule has 2 rings (SSSR count). The van der Waals surface area contributed by atoms with E-state index in [1.807, 2.05) is 0 Å².